The number of hydrogen-bond donors (Lipinski definition) is 6. The maximum absolute atomic E-state index is 13.0. The van der Waals surface area contributed by atoms with Crippen LogP contribution in [0.25, 0.3) is 43.8 Å². The first-order chi connectivity index (χ1) is 25.1. The molecule has 0 saturated heterocycles. The van der Waals surface area contributed by atoms with Gasteiger partial charge in [0.05, 0.1) is 25.0 Å². The Balaban J connectivity index is 0.000000162. The molecule has 2 aliphatic rings. The number of pyridine rings is 4. The van der Waals surface area contributed by atoms with Crippen molar-refractivity contribution in [2.24, 2.45) is 11.8 Å². The van der Waals surface area contributed by atoms with Gasteiger partial charge in [-0.25, -0.2) is 18.7 Å². The van der Waals surface area contributed by atoms with Crippen molar-refractivity contribution < 1.29 is 28.6 Å². The van der Waals surface area contributed by atoms with E-state index >= 15 is 0 Å². The number of hydrogen-bond acceptors (Lipinski definition) is 10. The molecule has 0 aliphatic heterocycles. The summed E-state index contributed by atoms with van der Waals surface area (Å²) < 4.78 is 26.0. The van der Waals surface area contributed by atoms with Crippen molar-refractivity contribution in [2.75, 3.05) is 22.1 Å². The first-order valence-electron chi connectivity index (χ1n) is 16.5. The fraction of sp³-hybridized carbons (Fsp3) is 0.211. The summed E-state index contributed by atoms with van der Waals surface area (Å²) in [5.41, 5.74) is 18.0. The molecule has 8 rings (SSSR count). The van der Waals surface area contributed by atoms with E-state index in [0.29, 0.717) is 23.0 Å². The Kier molecular flexibility index (Phi) is 9.41. The van der Waals surface area contributed by atoms with Gasteiger partial charge in [-0.3, -0.25) is 19.6 Å². The zero-order valence-electron chi connectivity index (χ0n) is 27.6. The maximum Gasteiger partial charge on any atom is 0.231 e. The maximum atomic E-state index is 13.0. The van der Waals surface area contributed by atoms with Gasteiger partial charge in [0.2, 0.25) is 11.8 Å². The lowest BCUT2D eigenvalue weighted by molar-refractivity contribution is -0.118. The molecule has 2 amide bonds. The second-order valence-electron chi connectivity index (χ2n) is 12.8. The first-order valence-corrected chi connectivity index (χ1v) is 16.5. The van der Waals surface area contributed by atoms with Crippen molar-refractivity contribution in [3.05, 3.63) is 96.8 Å². The Bertz CT molecular complexity index is 2180. The third-order valence-corrected chi connectivity index (χ3v) is 9.12. The number of carbonyl (C=O) groups is 2. The van der Waals surface area contributed by atoms with E-state index in [-0.39, 0.29) is 37.9 Å². The van der Waals surface area contributed by atoms with E-state index in [1.807, 2.05) is 12.1 Å². The molecule has 0 bridgehead atoms. The van der Waals surface area contributed by atoms with Crippen LogP contribution >= 0.6 is 0 Å². The molecule has 2 aromatic carbocycles. The van der Waals surface area contributed by atoms with Crippen molar-refractivity contribution in [1.82, 2.24) is 19.9 Å². The molecule has 264 valence electrons. The standard InChI is InChI=1S/2C19H17FN4O2/c2*20-16-6-13(16)19(26)24-18-5-12-3-11(4-17(21)15(12)8-23-18)14-7-22-2-1-10(14)9-25/h2*1-5,7-8,13,16,25H,6,9,21H2,(H,23,24,26)/t2*13-,16+/m10/s1. The number of nitrogens with zero attached hydrogens (tertiary/aromatic N) is 4. The lowest BCUT2D eigenvalue weighted by atomic mass is 9.98. The van der Waals surface area contributed by atoms with Crippen LogP contribution in [0.1, 0.15) is 24.0 Å². The number of amides is 2. The topological polar surface area (TPSA) is 202 Å². The lowest BCUT2D eigenvalue weighted by Crippen LogP contribution is -2.15. The zero-order valence-corrected chi connectivity index (χ0v) is 27.6. The van der Waals surface area contributed by atoms with Crippen molar-refractivity contribution in [3.63, 3.8) is 0 Å². The van der Waals surface area contributed by atoms with E-state index in [4.69, 9.17) is 11.5 Å². The van der Waals surface area contributed by atoms with Gasteiger partial charge in [-0.1, -0.05) is 0 Å². The Morgan fingerprint density at radius 3 is 1.44 bits per heavy atom. The first kappa shape index (κ1) is 34.3. The van der Waals surface area contributed by atoms with Crippen molar-refractivity contribution in [2.45, 2.75) is 38.4 Å². The number of alkyl halides is 2. The summed E-state index contributed by atoms with van der Waals surface area (Å²) in [4.78, 5) is 40.4. The Morgan fingerprint density at radius 2 is 1.08 bits per heavy atom. The summed E-state index contributed by atoms with van der Waals surface area (Å²) in [6.07, 6.45) is 8.17. The molecular formula is C38H34F2N8O4. The molecule has 2 aliphatic carbocycles. The summed E-state index contributed by atoms with van der Waals surface area (Å²) in [5, 5.41) is 27.4. The quantitative estimate of drug-likeness (QED) is 0.112. The molecular weight excluding hydrogens is 670 g/mol. The van der Waals surface area contributed by atoms with Gasteiger partial charge in [0.25, 0.3) is 0 Å². The summed E-state index contributed by atoms with van der Waals surface area (Å²) in [6.45, 7) is -0.224. The van der Waals surface area contributed by atoms with Crippen LogP contribution in [-0.2, 0) is 22.8 Å². The Morgan fingerprint density at radius 1 is 0.673 bits per heavy atom. The third kappa shape index (κ3) is 7.20. The van der Waals surface area contributed by atoms with Crippen LogP contribution in [0.3, 0.4) is 0 Å². The van der Waals surface area contributed by atoms with Gasteiger partial charge in [0.1, 0.15) is 24.0 Å². The van der Waals surface area contributed by atoms with Crippen molar-refractivity contribution >= 4 is 56.4 Å². The SMILES string of the molecule is Nc1cc(-c2cnccc2CO)cc2cc(NC(=O)[C@@H]3C[C@@H]3F)ncc12.Nc1cc(-c2cnccc2CO)cc2cc(NC(=O)[C@H]3C[C@H]3F)ncc12. The Labute approximate surface area is 296 Å². The van der Waals surface area contributed by atoms with Crippen LogP contribution in [0.4, 0.5) is 31.8 Å². The molecule has 8 N–H and O–H groups in total. The molecule has 2 saturated carbocycles. The van der Waals surface area contributed by atoms with Crippen LogP contribution < -0.4 is 22.1 Å². The summed E-state index contributed by atoms with van der Waals surface area (Å²) in [6, 6.07) is 14.3. The average molecular weight is 705 g/mol. The minimum absolute atomic E-state index is 0.112. The van der Waals surface area contributed by atoms with E-state index in [2.05, 4.69) is 30.6 Å². The highest BCUT2D eigenvalue weighted by molar-refractivity contribution is 6.01. The fourth-order valence-corrected chi connectivity index (χ4v) is 5.97. The number of carbonyl (C=O) groups excluding carboxylic acids is 2. The van der Waals surface area contributed by atoms with Gasteiger partial charge in [0, 0.05) is 70.5 Å². The second-order valence-corrected chi connectivity index (χ2v) is 12.8. The van der Waals surface area contributed by atoms with Crippen LogP contribution in [0.15, 0.2) is 85.7 Å². The van der Waals surface area contributed by atoms with E-state index in [0.717, 1.165) is 54.9 Å². The minimum atomic E-state index is -1.06. The summed E-state index contributed by atoms with van der Waals surface area (Å²) >= 11 is 0. The van der Waals surface area contributed by atoms with E-state index in [9.17, 15) is 28.6 Å². The number of aliphatic hydroxyl groups is 2. The van der Waals surface area contributed by atoms with Gasteiger partial charge >= 0.3 is 0 Å². The highest BCUT2D eigenvalue weighted by atomic mass is 19.1. The highest BCUT2D eigenvalue weighted by Gasteiger charge is 2.44. The van der Waals surface area contributed by atoms with Crippen molar-refractivity contribution in [1.29, 1.82) is 0 Å². The smallest absolute Gasteiger partial charge is 0.231 e. The normalized spacial score (nSPS) is 18.7. The number of halogens is 2. The van der Waals surface area contributed by atoms with Crippen molar-refractivity contribution in [3.8, 4) is 22.3 Å². The van der Waals surface area contributed by atoms with Crippen LogP contribution in [0.5, 0.6) is 0 Å². The third-order valence-electron chi connectivity index (χ3n) is 9.12. The molecule has 52 heavy (non-hydrogen) atoms. The molecule has 0 unspecified atom stereocenters. The van der Waals surface area contributed by atoms with Gasteiger partial charge in [-0.15, -0.1) is 0 Å². The molecule has 0 radical (unpaired) electrons. The number of benzene rings is 2. The Hall–Kier alpha value is -6.12. The molecule has 4 aromatic heterocycles. The zero-order chi connectivity index (χ0) is 36.5. The second kappa shape index (κ2) is 14.2. The predicted octanol–water partition coefficient (Wildman–Crippen LogP) is 5.34. The summed E-state index contributed by atoms with van der Waals surface area (Å²) in [7, 11) is 0. The highest BCUT2D eigenvalue weighted by Crippen LogP contribution is 2.37. The van der Waals surface area contributed by atoms with E-state index < -0.39 is 24.2 Å². The largest absolute Gasteiger partial charge is 0.398 e. The monoisotopic (exact) mass is 704 g/mol. The van der Waals surface area contributed by atoms with Crippen LogP contribution in [0.2, 0.25) is 0 Å². The molecule has 0 spiro atoms. The number of nitrogen functional groups attached to an aromatic ring is 2. The molecule has 14 heteroatoms. The number of anilines is 4. The lowest BCUT2D eigenvalue weighted by Gasteiger charge is -2.11. The average Bonchev–Trinajstić information content (AvgIpc) is 4.08. The number of fused-ring (bicyclic) bond motifs is 2. The number of nitrogens with one attached hydrogen (secondary N) is 2. The predicted molar refractivity (Wildman–Crippen MR) is 194 cm³/mol. The summed E-state index contributed by atoms with van der Waals surface area (Å²) in [5.74, 6) is -1.16. The molecule has 4 heterocycles. The van der Waals surface area contributed by atoms with E-state index in [1.54, 1.807) is 73.6 Å². The van der Waals surface area contributed by atoms with Gasteiger partial charge in [-0.05, 0) is 94.4 Å². The number of nitrogens with two attached hydrogens (primary N) is 2. The molecule has 12 nitrogen and oxygen atoms in total. The molecule has 6 aromatic rings. The van der Waals surface area contributed by atoms with Gasteiger partial charge < -0.3 is 32.3 Å². The fourth-order valence-electron chi connectivity index (χ4n) is 5.97. The number of aromatic nitrogens is 4. The minimum Gasteiger partial charge on any atom is -0.398 e. The molecule has 2 fully saturated rings. The number of rotatable bonds is 8. The number of aliphatic hydroxyl groups excluding tert-OH is 2. The molecule has 4 atom stereocenters. The van der Waals surface area contributed by atoms with Crippen LogP contribution in [-0.4, -0.2) is 54.3 Å². The van der Waals surface area contributed by atoms with E-state index in [1.165, 1.54) is 0 Å². The van der Waals surface area contributed by atoms with Gasteiger partial charge in [0.15, 0.2) is 0 Å². The van der Waals surface area contributed by atoms with Gasteiger partial charge in [-0.2, -0.15) is 0 Å². The van der Waals surface area contributed by atoms with Crippen LogP contribution in [0, 0.1) is 11.8 Å².